The van der Waals surface area contributed by atoms with E-state index in [0.717, 1.165) is 16.9 Å². The molecule has 116 valence electrons. The van der Waals surface area contributed by atoms with Gasteiger partial charge in [-0.1, -0.05) is 29.8 Å². The van der Waals surface area contributed by atoms with E-state index < -0.39 is 0 Å². The lowest BCUT2D eigenvalue weighted by Crippen LogP contribution is -2.02. The summed E-state index contributed by atoms with van der Waals surface area (Å²) in [7, 11) is 5.40. The van der Waals surface area contributed by atoms with Crippen LogP contribution in [0.15, 0.2) is 47.6 Å². The van der Waals surface area contributed by atoms with Crippen LogP contribution in [0, 0.1) is 6.92 Å². The first-order chi connectivity index (χ1) is 10.6. The molecule has 0 aliphatic rings. The Labute approximate surface area is 132 Å². The van der Waals surface area contributed by atoms with Crippen LogP contribution in [-0.2, 0) is 6.61 Å². The quantitative estimate of drug-likeness (QED) is 0.605. The molecule has 0 spiro atoms. The van der Waals surface area contributed by atoms with E-state index in [4.69, 9.17) is 9.47 Å². The molecule has 22 heavy (non-hydrogen) atoms. The van der Waals surface area contributed by atoms with E-state index in [2.05, 4.69) is 36.3 Å². The van der Waals surface area contributed by atoms with Crippen molar-refractivity contribution >= 4 is 6.21 Å². The van der Waals surface area contributed by atoms with Crippen molar-refractivity contribution in [3.63, 3.8) is 0 Å². The highest BCUT2D eigenvalue weighted by molar-refractivity contribution is 5.80. The van der Waals surface area contributed by atoms with Gasteiger partial charge in [0, 0.05) is 14.1 Å². The highest BCUT2D eigenvalue weighted by atomic mass is 16.5. The molecule has 0 amide bonds. The van der Waals surface area contributed by atoms with Crippen molar-refractivity contribution < 1.29 is 9.47 Å². The van der Waals surface area contributed by atoms with Crippen LogP contribution in [0.25, 0.3) is 0 Å². The minimum Gasteiger partial charge on any atom is -0.493 e. The Morgan fingerprint density at radius 3 is 2.41 bits per heavy atom. The summed E-state index contributed by atoms with van der Waals surface area (Å²) < 4.78 is 11.3. The molecule has 0 N–H and O–H groups in total. The Kier molecular flexibility index (Phi) is 5.42. The molecule has 0 radical (unpaired) electrons. The average Bonchev–Trinajstić information content (AvgIpc) is 2.52. The fraction of sp³-hybridized carbons (Fsp3) is 0.278. The van der Waals surface area contributed by atoms with E-state index >= 15 is 0 Å². The van der Waals surface area contributed by atoms with Crippen LogP contribution in [0.2, 0.25) is 0 Å². The lowest BCUT2D eigenvalue weighted by molar-refractivity contribution is 0.284. The number of benzene rings is 2. The Bertz CT molecular complexity index is 634. The van der Waals surface area contributed by atoms with Crippen LogP contribution in [0.3, 0.4) is 0 Å². The summed E-state index contributed by atoms with van der Waals surface area (Å²) >= 11 is 0. The van der Waals surface area contributed by atoms with Gasteiger partial charge in [0.25, 0.3) is 0 Å². The second-order valence-electron chi connectivity index (χ2n) is 5.28. The monoisotopic (exact) mass is 298 g/mol. The molecule has 2 aromatic rings. The van der Waals surface area contributed by atoms with E-state index in [1.807, 2.05) is 32.3 Å². The molecule has 2 aromatic carbocycles. The Morgan fingerprint density at radius 1 is 1.05 bits per heavy atom. The molecule has 2 rings (SSSR count). The fourth-order valence-electron chi connectivity index (χ4n) is 1.91. The van der Waals surface area contributed by atoms with Crippen molar-refractivity contribution in [2.75, 3.05) is 21.2 Å². The minimum atomic E-state index is 0.516. The van der Waals surface area contributed by atoms with Gasteiger partial charge in [-0.05, 0) is 36.2 Å². The van der Waals surface area contributed by atoms with E-state index in [9.17, 15) is 0 Å². The zero-order chi connectivity index (χ0) is 15.9. The van der Waals surface area contributed by atoms with Crippen molar-refractivity contribution in [1.29, 1.82) is 0 Å². The molecule has 0 unspecified atom stereocenters. The second-order valence-corrected chi connectivity index (χ2v) is 5.28. The predicted molar refractivity (Wildman–Crippen MR) is 89.8 cm³/mol. The molecular formula is C18H22N2O2. The van der Waals surface area contributed by atoms with Crippen molar-refractivity contribution in [1.82, 2.24) is 5.01 Å². The van der Waals surface area contributed by atoms with Crippen LogP contribution >= 0.6 is 0 Å². The average molecular weight is 298 g/mol. The largest absolute Gasteiger partial charge is 0.493 e. The summed E-state index contributed by atoms with van der Waals surface area (Å²) in [6.45, 7) is 2.59. The summed E-state index contributed by atoms with van der Waals surface area (Å²) in [5.41, 5.74) is 3.34. The zero-order valence-electron chi connectivity index (χ0n) is 13.5. The van der Waals surface area contributed by atoms with Crippen LogP contribution < -0.4 is 9.47 Å². The maximum absolute atomic E-state index is 5.85. The molecule has 0 atom stereocenters. The maximum Gasteiger partial charge on any atom is 0.161 e. The lowest BCUT2D eigenvalue weighted by atomic mass is 10.2. The second kappa shape index (κ2) is 7.50. The Morgan fingerprint density at radius 2 is 1.77 bits per heavy atom. The number of methoxy groups -OCH3 is 1. The van der Waals surface area contributed by atoms with Crippen LogP contribution in [0.5, 0.6) is 11.5 Å². The van der Waals surface area contributed by atoms with Gasteiger partial charge in [0.1, 0.15) is 6.61 Å². The van der Waals surface area contributed by atoms with Gasteiger partial charge in [0.15, 0.2) is 11.5 Å². The molecule has 4 nitrogen and oxygen atoms in total. The standard InChI is InChI=1S/C18H22N2O2/c1-14-5-7-15(8-6-14)13-22-17-10-9-16(11-18(17)21-4)12-19-20(2)3/h5-12H,13H2,1-4H3/b19-12+. The zero-order valence-corrected chi connectivity index (χ0v) is 13.5. The molecule has 0 bridgehead atoms. The first-order valence-corrected chi connectivity index (χ1v) is 7.16. The minimum absolute atomic E-state index is 0.516. The molecule has 0 aromatic heterocycles. The highest BCUT2D eigenvalue weighted by Crippen LogP contribution is 2.28. The predicted octanol–water partition coefficient (Wildman–Crippen LogP) is 3.48. The van der Waals surface area contributed by atoms with Gasteiger partial charge in [-0.2, -0.15) is 5.10 Å². The first kappa shape index (κ1) is 15.9. The number of rotatable bonds is 6. The number of ether oxygens (including phenoxy) is 2. The van der Waals surface area contributed by atoms with Gasteiger partial charge < -0.3 is 14.5 Å². The van der Waals surface area contributed by atoms with Gasteiger partial charge in [-0.3, -0.25) is 0 Å². The molecule has 0 heterocycles. The molecule has 0 saturated carbocycles. The summed E-state index contributed by atoms with van der Waals surface area (Å²) in [6.07, 6.45) is 1.78. The van der Waals surface area contributed by atoms with Crippen LogP contribution in [-0.4, -0.2) is 32.4 Å². The van der Waals surface area contributed by atoms with Gasteiger partial charge in [-0.15, -0.1) is 0 Å². The molecule has 0 saturated heterocycles. The normalized spacial score (nSPS) is 10.7. The summed E-state index contributed by atoms with van der Waals surface area (Å²) in [6, 6.07) is 14.1. The van der Waals surface area contributed by atoms with Gasteiger partial charge in [0.2, 0.25) is 0 Å². The SMILES string of the molecule is COc1cc(/C=N/N(C)C)ccc1OCc1ccc(C)cc1. The van der Waals surface area contributed by atoms with Crippen LogP contribution in [0.4, 0.5) is 0 Å². The van der Waals surface area contributed by atoms with E-state index in [1.165, 1.54) is 5.56 Å². The number of hydrogen-bond acceptors (Lipinski definition) is 4. The van der Waals surface area contributed by atoms with Crippen molar-refractivity contribution in [3.8, 4) is 11.5 Å². The number of nitrogens with zero attached hydrogens (tertiary/aromatic N) is 2. The van der Waals surface area contributed by atoms with E-state index in [-0.39, 0.29) is 0 Å². The smallest absolute Gasteiger partial charge is 0.161 e. The molecule has 0 fully saturated rings. The number of hydrazone groups is 1. The molecule has 0 aliphatic carbocycles. The topological polar surface area (TPSA) is 34.1 Å². The van der Waals surface area contributed by atoms with Gasteiger partial charge in [-0.25, -0.2) is 0 Å². The third-order valence-electron chi connectivity index (χ3n) is 3.14. The first-order valence-electron chi connectivity index (χ1n) is 7.16. The van der Waals surface area contributed by atoms with Crippen molar-refractivity contribution in [2.24, 2.45) is 5.10 Å². The summed E-state index contributed by atoms with van der Waals surface area (Å²) in [5.74, 6) is 1.43. The Hall–Kier alpha value is -2.49. The maximum atomic E-state index is 5.85. The highest BCUT2D eigenvalue weighted by Gasteiger charge is 2.05. The van der Waals surface area contributed by atoms with Crippen LogP contribution in [0.1, 0.15) is 16.7 Å². The Balaban J connectivity index is 2.08. The summed E-state index contributed by atoms with van der Waals surface area (Å²) in [5, 5.41) is 5.96. The van der Waals surface area contributed by atoms with E-state index in [1.54, 1.807) is 18.3 Å². The van der Waals surface area contributed by atoms with Crippen molar-refractivity contribution in [3.05, 3.63) is 59.2 Å². The number of hydrogen-bond donors (Lipinski definition) is 0. The molecule has 0 aliphatic heterocycles. The summed E-state index contributed by atoms with van der Waals surface area (Å²) in [4.78, 5) is 0. The van der Waals surface area contributed by atoms with E-state index in [0.29, 0.717) is 12.4 Å². The number of aryl methyl sites for hydroxylation is 1. The van der Waals surface area contributed by atoms with Gasteiger partial charge >= 0.3 is 0 Å². The molecule has 4 heteroatoms. The van der Waals surface area contributed by atoms with Gasteiger partial charge in [0.05, 0.1) is 13.3 Å². The third kappa shape index (κ3) is 4.52. The molecular weight excluding hydrogens is 276 g/mol. The fourth-order valence-corrected chi connectivity index (χ4v) is 1.91. The lowest BCUT2D eigenvalue weighted by Gasteiger charge is -2.11. The van der Waals surface area contributed by atoms with Crippen molar-refractivity contribution in [2.45, 2.75) is 13.5 Å². The third-order valence-corrected chi connectivity index (χ3v) is 3.14.